The van der Waals surface area contributed by atoms with Crippen molar-refractivity contribution in [2.24, 2.45) is 0 Å². The zero-order valence-electron chi connectivity index (χ0n) is 9.70. The minimum Gasteiger partial charge on any atom is -0.475 e. The topological polar surface area (TPSA) is 75.1 Å². The third-order valence-corrected chi connectivity index (χ3v) is 3.26. The van der Waals surface area contributed by atoms with Crippen molar-refractivity contribution in [3.63, 3.8) is 0 Å². The molecule has 0 aliphatic heterocycles. The SMILES string of the molecule is O=C(O)c1nc(Nc2ccsc2)c2ccccc2n1. The van der Waals surface area contributed by atoms with Crippen molar-refractivity contribution in [1.82, 2.24) is 9.97 Å². The largest absolute Gasteiger partial charge is 0.475 e. The molecule has 3 aromatic rings. The molecule has 0 unspecified atom stereocenters. The predicted molar refractivity (Wildman–Crippen MR) is 74.1 cm³/mol. The number of anilines is 2. The van der Waals surface area contributed by atoms with Gasteiger partial charge in [-0.05, 0) is 23.6 Å². The first-order chi connectivity index (χ1) is 9.24. The van der Waals surface area contributed by atoms with Crippen molar-refractivity contribution < 1.29 is 9.90 Å². The number of aromatic carboxylic acids is 1. The van der Waals surface area contributed by atoms with E-state index in [1.54, 1.807) is 17.4 Å². The number of nitrogens with zero attached hydrogens (tertiary/aromatic N) is 2. The van der Waals surface area contributed by atoms with E-state index in [4.69, 9.17) is 5.11 Å². The molecule has 0 aliphatic carbocycles. The predicted octanol–water partition coefficient (Wildman–Crippen LogP) is 3.13. The quantitative estimate of drug-likeness (QED) is 0.765. The van der Waals surface area contributed by atoms with Crippen LogP contribution in [0, 0.1) is 0 Å². The van der Waals surface area contributed by atoms with Gasteiger partial charge in [0.05, 0.1) is 11.2 Å². The number of hydrogen-bond acceptors (Lipinski definition) is 5. The van der Waals surface area contributed by atoms with Crippen LogP contribution in [-0.2, 0) is 0 Å². The molecule has 2 aromatic heterocycles. The van der Waals surface area contributed by atoms with E-state index >= 15 is 0 Å². The molecule has 0 amide bonds. The summed E-state index contributed by atoms with van der Waals surface area (Å²) < 4.78 is 0. The number of nitrogens with one attached hydrogen (secondary N) is 1. The van der Waals surface area contributed by atoms with E-state index in [-0.39, 0.29) is 5.82 Å². The molecule has 0 spiro atoms. The minimum atomic E-state index is -1.14. The molecular formula is C13H9N3O2S. The van der Waals surface area contributed by atoms with Gasteiger partial charge in [-0.15, -0.1) is 0 Å². The fourth-order valence-electron chi connectivity index (χ4n) is 1.74. The Balaban J connectivity index is 2.17. The van der Waals surface area contributed by atoms with Crippen molar-refractivity contribution in [3.8, 4) is 0 Å². The highest BCUT2D eigenvalue weighted by Crippen LogP contribution is 2.24. The van der Waals surface area contributed by atoms with Gasteiger partial charge in [0.25, 0.3) is 0 Å². The molecular weight excluding hydrogens is 262 g/mol. The van der Waals surface area contributed by atoms with Crippen LogP contribution < -0.4 is 5.32 Å². The summed E-state index contributed by atoms with van der Waals surface area (Å²) in [6.07, 6.45) is 0. The molecule has 0 aliphatic rings. The zero-order valence-corrected chi connectivity index (χ0v) is 10.5. The number of aromatic nitrogens is 2. The van der Waals surface area contributed by atoms with E-state index in [0.29, 0.717) is 11.3 Å². The second-order valence-electron chi connectivity index (χ2n) is 3.86. The molecule has 5 nitrogen and oxygen atoms in total. The number of thiophene rings is 1. The van der Waals surface area contributed by atoms with Gasteiger partial charge < -0.3 is 10.4 Å². The molecule has 3 rings (SSSR count). The molecule has 0 atom stereocenters. The summed E-state index contributed by atoms with van der Waals surface area (Å²) in [5.74, 6) is -0.850. The van der Waals surface area contributed by atoms with Crippen molar-refractivity contribution in [2.75, 3.05) is 5.32 Å². The van der Waals surface area contributed by atoms with Crippen molar-refractivity contribution in [2.45, 2.75) is 0 Å². The second kappa shape index (κ2) is 4.66. The van der Waals surface area contributed by atoms with Crippen LogP contribution in [0.5, 0.6) is 0 Å². The van der Waals surface area contributed by atoms with Gasteiger partial charge in [0, 0.05) is 10.8 Å². The lowest BCUT2D eigenvalue weighted by Crippen LogP contribution is -2.07. The van der Waals surface area contributed by atoms with Gasteiger partial charge in [-0.2, -0.15) is 11.3 Å². The van der Waals surface area contributed by atoms with E-state index in [9.17, 15) is 4.79 Å². The summed E-state index contributed by atoms with van der Waals surface area (Å²) in [4.78, 5) is 19.1. The third-order valence-electron chi connectivity index (χ3n) is 2.58. The number of fused-ring (bicyclic) bond motifs is 1. The van der Waals surface area contributed by atoms with Crippen LogP contribution in [0.4, 0.5) is 11.5 Å². The van der Waals surface area contributed by atoms with E-state index in [1.807, 2.05) is 35.0 Å². The van der Waals surface area contributed by atoms with E-state index in [1.165, 1.54) is 0 Å². The Hall–Kier alpha value is -2.47. The van der Waals surface area contributed by atoms with Gasteiger partial charge in [-0.1, -0.05) is 12.1 Å². The monoisotopic (exact) mass is 271 g/mol. The molecule has 6 heteroatoms. The highest BCUT2D eigenvalue weighted by atomic mass is 32.1. The second-order valence-corrected chi connectivity index (χ2v) is 4.64. The van der Waals surface area contributed by atoms with Gasteiger partial charge in [0.1, 0.15) is 5.82 Å². The number of carboxylic acid groups (broad SMARTS) is 1. The Bertz CT molecular complexity index is 741. The summed E-state index contributed by atoms with van der Waals surface area (Å²) >= 11 is 1.55. The first-order valence-corrected chi connectivity index (χ1v) is 6.47. The van der Waals surface area contributed by atoms with Crippen LogP contribution in [-0.4, -0.2) is 21.0 Å². The summed E-state index contributed by atoms with van der Waals surface area (Å²) in [5, 5.41) is 16.8. The number of hydrogen-bond donors (Lipinski definition) is 2. The lowest BCUT2D eigenvalue weighted by Gasteiger charge is -2.07. The highest BCUT2D eigenvalue weighted by Gasteiger charge is 2.12. The van der Waals surface area contributed by atoms with E-state index in [0.717, 1.165) is 11.1 Å². The van der Waals surface area contributed by atoms with Crippen molar-refractivity contribution >= 4 is 39.7 Å². The smallest absolute Gasteiger partial charge is 0.374 e. The van der Waals surface area contributed by atoms with Crippen LogP contribution in [0.1, 0.15) is 10.6 Å². The number of carboxylic acids is 1. The Morgan fingerprint density at radius 2 is 2.05 bits per heavy atom. The zero-order chi connectivity index (χ0) is 13.2. The standard InChI is InChI=1S/C13H9N3O2S/c17-13(18)12-15-10-4-2-1-3-9(10)11(16-12)14-8-5-6-19-7-8/h1-7H,(H,17,18)(H,14,15,16). The molecule has 0 bridgehead atoms. The fraction of sp³-hybridized carbons (Fsp3) is 0. The molecule has 2 heterocycles. The summed E-state index contributed by atoms with van der Waals surface area (Å²) in [7, 11) is 0. The Morgan fingerprint density at radius 1 is 1.21 bits per heavy atom. The first kappa shape index (κ1) is 11.6. The Kier molecular flexibility index (Phi) is 2.85. The lowest BCUT2D eigenvalue weighted by molar-refractivity contribution is 0.0684. The van der Waals surface area contributed by atoms with E-state index < -0.39 is 5.97 Å². The van der Waals surface area contributed by atoms with Gasteiger partial charge in [-0.3, -0.25) is 0 Å². The number of para-hydroxylation sites is 1. The van der Waals surface area contributed by atoms with Crippen LogP contribution >= 0.6 is 11.3 Å². The van der Waals surface area contributed by atoms with Crippen molar-refractivity contribution in [3.05, 3.63) is 46.9 Å². The average molecular weight is 271 g/mol. The van der Waals surface area contributed by atoms with Crippen LogP contribution in [0.2, 0.25) is 0 Å². The van der Waals surface area contributed by atoms with Gasteiger partial charge in [-0.25, -0.2) is 14.8 Å². The Labute approximate surface area is 112 Å². The molecule has 0 saturated carbocycles. The molecule has 19 heavy (non-hydrogen) atoms. The number of rotatable bonds is 3. The Morgan fingerprint density at radius 3 is 2.79 bits per heavy atom. The molecule has 1 aromatic carbocycles. The maximum Gasteiger partial charge on any atom is 0.374 e. The fourth-order valence-corrected chi connectivity index (χ4v) is 2.33. The summed E-state index contributed by atoms with van der Waals surface area (Å²) in [5.41, 5.74) is 1.48. The highest BCUT2D eigenvalue weighted by molar-refractivity contribution is 7.08. The molecule has 0 radical (unpaired) electrons. The number of benzene rings is 1. The lowest BCUT2D eigenvalue weighted by atomic mass is 10.2. The maximum atomic E-state index is 11.0. The van der Waals surface area contributed by atoms with Crippen LogP contribution in [0.15, 0.2) is 41.1 Å². The first-order valence-electron chi connectivity index (χ1n) is 5.53. The summed E-state index contributed by atoms with van der Waals surface area (Å²) in [6, 6.07) is 9.21. The van der Waals surface area contributed by atoms with Crippen molar-refractivity contribution in [1.29, 1.82) is 0 Å². The maximum absolute atomic E-state index is 11.0. The van der Waals surface area contributed by atoms with Gasteiger partial charge in [0.15, 0.2) is 0 Å². The molecule has 0 fully saturated rings. The molecule has 2 N–H and O–H groups in total. The normalized spacial score (nSPS) is 10.5. The van der Waals surface area contributed by atoms with E-state index in [2.05, 4.69) is 15.3 Å². The van der Waals surface area contributed by atoms with Gasteiger partial charge in [0.2, 0.25) is 5.82 Å². The van der Waals surface area contributed by atoms with Crippen LogP contribution in [0.25, 0.3) is 10.9 Å². The summed E-state index contributed by atoms with van der Waals surface area (Å²) in [6.45, 7) is 0. The van der Waals surface area contributed by atoms with Gasteiger partial charge >= 0.3 is 5.97 Å². The number of carbonyl (C=O) groups is 1. The average Bonchev–Trinajstić information content (AvgIpc) is 2.91. The van der Waals surface area contributed by atoms with Crippen LogP contribution in [0.3, 0.4) is 0 Å². The minimum absolute atomic E-state index is 0.212. The molecule has 94 valence electrons. The molecule has 0 saturated heterocycles. The third kappa shape index (κ3) is 2.25.